The first-order valence-electron chi connectivity index (χ1n) is 10.5. The molecule has 0 bridgehead atoms. The molecule has 4 rings (SSSR count). The molecule has 2 fully saturated rings. The Morgan fingerprint density at radius 1 is 0.963 bits per heavy atom. The second kappa shape index (κ2) is 7.89. The fraction of sp³-hybridized carbons (Fsp3) is 0.842. The summed E-state index contributed by atoms with van der Waals surface area (Å²) in [6.45, 7) is 1.61. The van der Waals surface area contributed by atoms with Crippen LogP contribution in [-0.4, -0.2) is 51.5 Å². The molecule has 8 heteroatoms. The van der Waals surface area contributed by atoms with Gasteiger partial charge in [0.2, 0.25) is 5.91 Å². The Balaban J connectivity index is 1.44. The van der Waals surface area contributed by atoms with Crippen LogP contribution in [0.3, 0.4) is 0 Å². The van der Waals surface area contributed by atoms with Crippen molar-refractivity contribution in [1.29, 1.82) is 0 Å². The van der Waals surface area contributed by atoms with Gasteiger partial charge in [0.1, 0.15) is 5.82 Å². The van der Waals surface area contributed by atoms with E-state index in [1.54, 1.807) is 0 Å². The summed E-state index contributed by atoms with van der Waals surface area (Å²) in [5.74, 6) is 1.87. The average molecular weight is 395 g/mol. The molecule has 0 spiro atoms. The van der Waals surface area contributed by atoms with Gasteiger partial charge in [-0.2, -0.15) is 0 Å². The quantitative estimate of drug-likeness (QED) is 0.766. The third-order valence-corrected chi connectivity index (χ3v) is 8.68. The van der Waals surface area contributed by atoms with Gasteiger partial charge >= 0.3 is 0 Å². The van der Waals surface area contributed by atoms with Gasteiger partial charge in [-0.15, -0.1) is 10.2 Å². The first kappa shape index (κ1) is 18.9. The van der Waals surface area contributed by atoms with E-state index < -0.39 is 9.84 Å². The van der Waals surface area contributed by atoms with Crippen LogP contribution >= 0.6 is 0 Å². The predicted molar refractivity (Wildman–Crippen MR) is 102 cm³/mol. The summed E-state index contributed by atoms with van der Waals surface area (Å²) < 4.78 is 27.2. The van der Waals surface area contributed by atoms with Gasteiger partial charge in [-0.05, 0) is 38.5 Å². The molecule has 0 radical (unpaired) electrons. The minimum Gasteiger partial charge on any atom is -0.332 e. The number of aryl methyl sites for hydroxylation is 1. The van der Waals surface area contributed by atoms with Crippen LogP contribution in [0.15, 0.2) is 0 Å². The maximum absolute atomic E-state index is 12.9. The van der Waals surface area contributed by atoms with Crippen LogP contribution in [0, 0.1) is 0 Å². The van der Waals surface area contributed by atoms with Crippen molar-refractivity contribution in [2.24, 2.45) is 0 Å². The average Bonchev–Trinajstić information content (AvgIpc) is 3.38. The van der Waals surface area contributed by atoms with Gasteiger partial charge in [-0.3, -0.25) is 4.79 Å². The molecule has 1 aromatic heterocycles. The van der Waals surface area contributed by atoms with E-state index in [-0.39, 0.29) is 29.4 Å². The molecule has 2 aliphatic heterocycles. The minimum atomic E-state index is -3.16. The zero-order valence-electron chi connectivity index (χ0n) is 16.0. The van der Waals surface area contributed by atoms with Crippen LogP contribution in [0.4, 0.5) is 0 Å². The Morgan fingerprint density at radius 2 is 1.78 bits per heavy atom. The fourth-order valence-electron chi connectivity index (χ4n) is 4.88. The summed E-state index contributed by atoms with van der Waals surface area (Å²) in [4.78, 5) is 14.7. The standard InChI is InChI=1S/C19H30N4O3S/c24-18(11-14-27(25,26)15-7-3-4-8-15)22-13-6-9-16(22)19-21-20-17-10-2-1-5-12-23(17)19/h15-16H,1-14H2. The maximum Gasteiger partial charge on any atom is 0.224 e. The number of aromatic nitrogens is 3. The van der Waals surface area contributed by atoms with Crippen molar-refractivity contribution in [3.05, 3.63) is 11.6 Å². The Hall–Kier alpha value is -1.44. The molecule has 1 saturated heterocycles. The normalized spacial score (nSPS) is 24.1. The van der Waals surface area contributed by atoms with Crippen LogP contribution in [-0.2, 0) is 27.6 Å². The number of hydrogen-bond donors (Lipinski definition) is 0. The van der Waals surface area contributed by atoms with Crippen molar-refractivity contribution in [1.82, 2.24) is 19.7 Å². The van der Waals surface area contributed by atoms with Crippen molar-refractivity contribution in [3.63, 3.8) is 0 Å². The van der Waals surface area contributed by atoms with Crippen molar-refractivity contribution in [2.45, 2.75) is 88.5 Å². The topological polar surface area (TPSA) is 85.2 Å². The molecule has 3 aliphatic rings. The highest BCUT2D eigenvalue weighted by Crippen LogP contribution is 2.33. The number of sulfone groups is 1. The maximum atomic E-state index is 12.9. The van der Waals surface area contributed by atoms with Gasteiger partial charge in [0.25, 0.3) is 0 Å². The number of nitrogens with zero attached hydrogens (tertiary/aromatic N) is 4. The molecule has 0 aromatic carbocycles. The highest BCUT2D eigenvalue weighted by atomic mass is 32.2. The van der Waals surface area contributed by atoms with Gasteiger partial charge in [-0.1, -0.05) is 19.3 Å². The molecule has 1 aromatic rings. The van der Waals surface area contributed by atoms with E-state index in [1.807, 2.05) is 4.90 Å². The summed E-state index contributed by atoms with van der Waals surface area (Å²) in [6, 6.07) is -0.0500. The number of fused-ring (bicyclic) bond motifs is 1. The van der Waals surface area contributed by atoms with E-state index in [2.05, 4.69) is 14.8 Å². The summed E-state index contributed by atoms with van der Waals surface area (Å²) in [5, 5.41) is 8.57. The molecule has 7 nitrogen and oxygen atoms in total. The van der Waals surface area contributed by atoms with E-state index in [0.29, 0.717) is 6.54 Å². The van der Waals surface area contributed by atoms with Crippen molar-refractivity contribution in [3.8, 4) is 0 Å². The molecular formula is C19H30N4O3S. The summed E-state index contributed by atoms with van der Waals surface area (Å²) >= 11 is 0. The molecule has 1 atom stereocenters. The number of rotatable bonds is 5. The zero-order chi connectivity index (χ0) is 18.9. The Labute approximate surface area is 161 Å². The summed E-state index contributed by atoms with van der Waals surface area (Å²) in [6.07, 6.45) is 9.84. The number of amides is 1. The van der Waals surface area contributed by atoms with Crippen molar-refractivity contribution in [2.75, 3.05) is 12.3 Å². The fourth-order valence-corrected chi connectivity index (χ4v) is 6.72. The highest BCUT2D eigenvalue weighted by molar-refractivity contribution is 7.92. The van der Waals surface area contributed by atoms with Crippen molar-refractivity contribution >= 4 is 15.7 Å². The van der Waals surface area contributed by atoms with Gasteiger partial charge in [0, 0.05) is 25.9 Å². The minimum absolute atomic E-state index is 0.0162. The summed E-state index contributed by atoms with van der Waals surface area (Å²) in [5.41, 5.74) is 0. The molecular weight excluding hydrogens is 364 g/mol. The third-order valence-electron chi connectivity index (χ3n) is 6.42. The van der Waals surface area contributed by atoms with Crippen molar-refractivity contribution < 1.29 is 13.2 Å². The lowest BCUT2D eigenvalue weighted by atomic mass is 10.2. The molecule has 1 saturated carbocycles. The molecule has 1 amide bonds. The van der Waals surface area contributed by atoms with E-state index in [4.69, 9.17) is 0 Å². The smallest absolute Gasteiger partial charge is 0.224 e. The third kappa shape index (κ3) is 3.91. The second-order valence-electron chi connectivity index (χ2n) is 8.21. The summed E-state index contributed by atoms with van der Waals surface area (Å²) in [7, 11) is -3.16. The molecule has 3 heterocycles. The van der Waals surface area contributed by atoms with Crippen LogP contribution in [0.25, 0.3) is 0 Å². The van der Waals surface area contributed by atoms with Gasteiger partial charge in [0.15, 0.2) is 15.7 Å². The van der Waals surface area contributed by atoms with E-state index >= 15 is 0 Å². The van der Waals surface area contributed by atoms with E-state index in [9.17, 15) is 13.2 Å². The Kier molecular flexibility index (Phi) is 5.53. The first-order chi connectivity index (χ1) is 13.1. The highest BCUT2D eigenvalue weighted by Gasteiger charge is 2.35. The van der Waals surface area contributed by atoms with Gasteiger partial charge in [0.05, 0.1) is 17.0 Å². The Morgan fingerprint density at radius 3 is 2.59 bits per heavy atom. The number of carbonyl (C=O) groups is 1. The predicted octanol–water partition coefficient (Wildman–Crippen LogP) is 2.42. The SMILES string of the molecule is O=C(CCS(=O)(=O)C1CCCC1)N1CCCC1c1nnc2n1CCCCC2. The molecule has 150 valence electrons. The molecule has 0 N–H and O–H groups in total. The van der Waals surface area contributed by atoms with Crippen LogP contribution in [0.5, 0.6) is 0 Å². The van der Waals surface area contributed by atoms with Crippen LogP contribution in [0.1, 0.15) is 81.9 Å². The first-order valence-corrected chi connectivity index (χ1v) is 12.2. The lowest BCUT2D eigenvalue weighted by Crippen LogP contribution is -2.34. The lowest BCUT2D eigenvalue weighted by Gasteiger charge is -2.25. The van der Waals surface area contributed by atoms with E-state index in [0.717, 1.165) is 76.0 Å². The Bertz CT molecular complexity index is 783. The van der Waals surface area contributed by atoms with Crippen LogP contribution in [0.2, 0.25) is 0 Å². The monoisotopic (exact) mass is 394 g/mol. The second-order valence-corrected chi connectivity index (χ2v) is 10.6. The molecule has 1 unspecified atom stereocenters. The molecule has 27 heavy (non-hydrogen) atoms. The zero-order valence-corrected chi connectivity index (χ0v) is 16.8. The van der Waals surface area contributed by atoms with Gasteiger partial charge < -0.3 is 9.47 Å². The number of likely N-dealkylation sites (tertiary alicyclic amines) is 1. The van der Waals surface area contributed by atoms with Crippen LogP contribution < -0.4 is 0 Å². The molecule has 1 aliphatic carbocycles. The lowest BCUT2D eigenvalue weighted by molar-refractivity contribution is -0.131. The number of hydrogen-bond acceptors (Lipinski definition) is 5. The number of carbonyl (C=O) groups excluding carboxylic acids is 1. The van der Waals surface area contributed by atoms with Gasteiger partial charge in [-0.25, -0.2) is 8.42 Å². The van der Waals surface area contributed by atoms with E-state index in [1.165, 1.54) is 6.42 Å². The largest absolute Gasteiger partial charge is 0.332 e.